The number of nitrogens with one attached hydrogen (secondary N) is 2. The first-order chi connectivity index (χ1) is 15.5. The number of carbonyl (C=O) groups is 1. The van der Waals surface area contributed by atoms with Gasteiger partial charge in [0.25, 0.3) is 0 Å². The largest absolute Gasteiger partial charge is 0.329 e. The molecule has 2 aromatic heterocycles. The second-order valence-electron chi connectivity index (χ2n) is 8.72. The van der Waals surface area contributed by atoms with Crippen LogP contribution < -0.4 is 5.32 Å². The first kappa shape index (κ1) is 21.1. The lowest BCUT2D eigenvalue weighted by Crippen LogP contribution is -2.31. The van der Waals surface area contributed by atoms with E-state index in [2.05, 4.69) is 38.7 Å². The van der Waals surface area contributed by atoms with E-state index in [4.69, 9.17) is 11.6 Å². The highest BCUT2D eigenvalue weighted by Gasteiger charge is 2.33. The molecular formula is C24H24ClN5OS. The minimum absolute atomic E-state index is 0.177. The zero-order valence-corrected chi connectivity index (χ0v) is 19.4. The number of rotatable bonds is 6. The quantitative estimate of drug-likeness (QED) is 0.337. The minimum Gasteiger partial charge on any atom is -0.329 e. The maximum Gasteiger partial charge on any atom is 0.210 e. The molecular weight excluding hydrogens is 442 g/mol. The van der Waals surface area contributed by atoms with Crippen LogP contribution in [0.3, 0.4) is 0 Å². The van der Waals surface area contributed by atoms with Crippen molar-refractivity contribution in [2.24, 2.45) is 5.41 Å². The Balaban J connectivity index is 1.32. The van der Waals surface area contributed by atoms with Crippen molar-refractivity contribution in [2.45, 2.75) is 45.4 Å². The van der Waals surface area contributed by atoms with Gasteiger partial charge in [0.05, 0.1) is 22.4 Å². The summed E-state index contributed by atoms with van der Waals surface area (Å²) in [6.07, 6.45) is 7.73. The molecule has 2 aromatic carbocycles. The number of hydrogen-bond acceptors (Lipinski definition) is 6. The number of anilines is 2. The van der Waals surface area contributed by atoms with Crippen molar-refractivity contribution in [2.75, 3.05) is 5.32 Å². The third-order valence-corrected chi connectivity index (χ3v) is 7.69. The maximum atomic E-state index is 13.0. The maximum absolute atomic E-state index is 13.0. The number of benzene rings is 2. The predicted molar refractivity (Wildman–Crippen MR) is 130 cm³/mol. The third kappa shape index (κ3) is 4.14. The minimum atomic E-state index is -0.177. The molecule has 1 aliphatic carbocycles. The van der Waals surface area contributed by atoms with Gasteiger partial charge in [0.2, 0.25) is 5.13 Å². The van der Waals surface area contributed by atoms with E-state index in [0.29, 0.717) is 22.4 Å². The van der Waals surface area contributed by atoms with Crippen LogP contribution in [-0.2, 0) is 11.2 Å². The molecule has 32 heavy (non-hydrogen) atoms. The summed E-state index contributed by atoms with van der Waals surface area (Å²) in [5, 5.41) is 21.7. The van der Waals surface area contributed by atoms with E-state index in [1.165, 1.54) is 17.8 Å². The van der Waals surface area contributed by atoms with E-state index < -0.39 is 0 Å². The average molecular weight is 466 g/mol. The summed E-state index contributed by atoms with van der Waals surface area (Å²) in [6.45, 7) is 2.13. The number of hydrogen-bond donors (Lipinski definition) is 2. The lowest BCUT2D eigenvalue weighted by molar-refractivity contribution is -0.128. The summed E-state index contributed by atoms with van der Waals surface area (Å²) in [4.78, 5) is 13.0. The Morgan fingerprint density at radius 1 is 1.19 bits per heavy atom. The van der Waals surface area contributed by atoms with Crippen molar-refractivity contribution in [3.8, 4) is 10.6 Å². The number of fused-ring (bicyclic) bond motifs is 1. The lowest BCUT2D eigenvalue weighted by atomic mass is 9.71. The molecule has 1 aliphatic rings. The number of H-pyrrole nitrogens is 1. The molecule has 164 valence electrons. The molecule has 6 nitrogen and oxygen atoms in total. The summed E-state index contributed by atoms with van der Waals surface area (Å²) < 4.78 is 0. The van der Waals surface area contributed by atoms with Crippen LogP contribution in [0.5, 0.6) is 0 Å². The SMILES string of the molecule is CC1(C(=O)Cc2cccc(-c3nnc(Nc4ccc5[nH]ncc5c4Cl)s3)c2)CCCCC1. The van der Waals surface area contributed by atoms with Gasteiger partial charge in [0.1, 0.15) is 10.8 Å². The van der Waals surface area contributed by atoms with Gasteiger partial charge >= 0.3 is 0 Å². The van der Waals surface area contributed by atoms with Crippen molar-refractivity contribution in [1.29, 1.82) is 0 Å². The van der Waals surface area contributed by atoms with Gasteiger partial charge in [0.15, 0.2) is 0 Å². The molecule has 0 bridgehead atoms. The average Bonchev–Trinajstić information content (AvgIpc) is 3.47. The molecule has 1 saturated carbocycles. The van der Waals surface area contributed by atoms with Crippen LogP contribution in [0.15, 0.2) is 42.6 Å². The first-order valence-electron chi connectivity index (χ1n) is 10.9. The monoisotopic (exact) mass is 465 g/mol. The molecule has 0 amide bonds. The molecule has 1 fully saturated rings. The van der Waals surface area contributed by atoms with Crippen LogP contribution in [0, 0.1) is 5.41 Å². The molecule has 8 heteroatoms. The van der Waals surface area contributed by atoms with E-state index in [1.807, 2.05) is 30.3 Å². The number of ketones is 1. The fraction of sp³-hybridized carbons (Fsp3) is 0.333. The predicted octanol–water partition coefficient (Wildman–Crippen LogP) is 6.56. The van der Waals surface area contributed by atoms with Crippen LogP contribution in [-0.4, -0.2) is 26.2 Å². The van der Waals surface area contributed by atoms with E-state index in [1.54, 1.807) is 6.20 Å². The second-order valence-corrected chi connectivity index (χ2v) is 10.1. The van der Waals surface area contributed by atoms with Crippen LogP contribution in [0.2, 0.25) is 5.02 Å². The van der Waals surface area contributed by atoms with Crippen molar-refractivity contribution in [3.63, 3.8) is 0 Å². The summed E-state index contributed by atoms with van der Waals surface area (Å²) in [5.74, 6) is 0.346. The Morgan fingerprint density at radius 3 is 2.88 bits per heavy atom. The Hall–Kier alpha value is -2.77. The summed E-state index contributed by atoms with van der Waals surface area (Å²) in [6, 6.07) is 11.9. The molecule has 0 radical (unpaired) electrons. The van der Waals surface area contributed by atoms with E-state index in [-0.39, 0.29) is 5.41 Å². The van der Waals surface area contributed by atoms with Crippen LogP contribution in [0.25, 0.3) is 21.5 Å². The van der Waals surface area contributed by atoms with Crippen LogP contribution >= 0.6 is 22.9 Å². The second kappa shape index (κ2) is 8.64. The summed E-state index contributed by atoms with van der Waals surface area (Å²) in [5.41, 5.74) is 3.45. The van der Waals surface area contributed by atoms with Crippen molar-refractivity contribution in [1.82, 2.24) is 20.4 Å². The fourth-order valence-corrected chi connectivity index (χ4v) is 5.42. The summed E-state index contributed by atoms with van der Waals surface area (Å²) in [7, 11) is 0. The number of aromatic amines is 1. The van der Waals surface area contributed by atoms with E-state index in [0.717, 1.165) is 58.4 Å². The fourth-order valence-electron chi connectivity index (χ4n) is 4.41. The number of halogens is 1. The van der Waals surface area contributed by atoms with Crippen molar-refractivity contribution in [3.05, 3.63) is 53.2 Å². The normalized spacial score (nSPS) is 15.7. The molecule has 0 spiro atoms. The van der Waals surface area contributed by atoms with E-state index in [9.17, 15) is 4.79 Å². The zero-order valence-electron chi connectivity index (χ0n) is 17.8. The number of aromatic nitrogens is 4. The van der Waals surface area contributed by atoms with Crippen molar-refractivity contribution < 1.29 is 4.79 Å². The molecule has 2 heterocycles. The van der Waals surface area contributed by atoms with Gasteiger partial charge < -0.3 is 5.32 Å². The van der Waals surface area contributed by atoms with Gasteiger partial charge in [-0.1, -0.05) is 67.3 Å². The first-order valence-corrected chi connectivity index (χ1v) is 12.1. The molecule has 0 unspecified atom stereocenters. The van der Waals surface area contributed by atoms with Gasteiger partial charge in [0, 0.05) is 22.8 Å². The van der Waals surface area contributed by atoms with Gasteiger partial charge in [-0.05, 0) is 36.6 Å². The van der Waals surface area contributed by atoms with Gasteiger partial charge in [-0.2, -0.15) is 5.10 Å². The summed E-state index contributed by atoms with van der Waals surface area (Å²) >= 11 is 7.95. The highest BCUT2D eigenvalue weighted by Crippen LogP contribution is 2.38. The molecule has 0 atom stereocenters. The molecule has 2 N–H and O–H groups in total. The van der Waals surface area contributed by atoms with Gasteiger partial charge in [-0.3, -0.25) is 9.89 Å². The molecule has 5 rings (SSSR count). The zero-order chi connectivity index (χ0) is 22.1. The van der Waals surface area contributed by atoms with E-state index >= 15 is 0 Å². The Kier molecular flexibility index (Phi) is 5.69. The topological polar surface area (TPSA) is 83.6 Å². The van der Waals surface area contributed by atoms with Crippen molar-refractivity contribution >= 4 is 50.4 Å². The standard InChI is InChI=1S/C24H24ClN5OS/c1-24(10-3-2-4-11-24)20(31)13-15-6-5-7-16(12-15)22-29-30-23(32-22)27-19-9-8-18-17(21(19)25)14-26-28-18/h5-9,12,14H,2-4,10-11,13H2,1H3,(H,26,28)(H,27,30). The Bertz CT molecular complexity index is 1270. The lowest BCUT2D eigenvalue weighted by Gasteiger charge is -2.32. The number of carbonyl (C=O) groups excluding carboxylic acids is 1. The number of Topliss-reactive ketones (excluding diaryl/α,β-unsaturated/α-hetero) is 1. The molecule has 0 saturated heterocycles. The van der Waals surface area contributed by atoms with Crippen LogP contribution in [0.1, 0.15) is 44.6 Å². The van der Waals surface area contributed by atoms with Gasteiger partial charge in [-0.25, -0.2) is 0 Å². The third-order valence-electron chi connectivity index (χ3n) is 6.39. The highest BCUT2D eigenvalue weighted by atomic mass is 35.5. The molecule has 0 aliphatic heterocycles. The Labute approximate surface area is 195 Å². The molecule has 4 aromatic rings. The van der Waals surface area contributed by atoms with Gasteiger partial charge in [-0.15, -0.1) is 10.2 Å². The highest BCUT2D eigenvalue weighted by molar-refractivity contribution is 7.18. The Morgan fingerprint density at radius 2 is 2.03 bits per heavy atom. The van der Waals surface area contributed by atoms with Crippen LogP contribution in [0.4, 0.5) is 10.8 Å². The number of nitrogens with zero attached hydrogens (tertiary/aromatic N) is 3. The smallest absolute Gasteiger partial charge is 0.210 e.